The third-order valence-corrected chi connectivity index (χ3v) is 0. The van der Waals surface area contributed by atoms with Gasteiger partial charge in [-0.1, -0.05) is 0 Å². The molecule has 28 valence electrons. The van der Waals surface area contributed by atoms with Gasteiger partial charge in [-0.05, 0) is 0 Å². The van der Waals surface area contributed by atoms with Crippen LogP contribution in [0.4, 0.5) is 0 Å². The van der Waals surface area contributed by atoms with Crippen molar-refractivity contribution in [3.05, 3.63) is 0 Å². The van der Waals surface area contributed by atoms with Crippen LogP contribution in [0.2, 0.25) is 0 Å². The van der Waals surface area contributed by atoms with Crippen LogP contribution in [-0.4, -0.2) is 18.9 Å². The molecule has 0 spiro atoms. The average molecular weight is 146 g/mol. The second-order valence-electron chi connectivity index (χ2n) is 0. The molecule has 0 heterocycles. The molecule has 0 saturated carbocycles. The van der Waals surface area contributed by atoms with E-state index in [1.54, 1.807) is 0 Å². The van der Waals surface area contributed by atoms with E-state index >= 15 is 0 Å². The van der Waals surface area contributed by atoms with Gasteiger partial charge in [0.05, 0.1) is 0 Å². The fourth-order valence-electron chi connectivity index (χ4n) is 0. The topological polar surface area (TPSA) is 28.5 Å². The summed E-state index contributed by atoms with van der Waals surface area (Å²) in [6.07, 6.45) is 0. The van der Waals surface area contributed by atoms with Crippen molar-refractivity contribution in [1.29, 1.82) is 0 Å². The molecule has 0 atom stereocenters. The first kappa shape index (κ1) is 46.8. The predicted molar refractivity (Wildman–Crippen MR) is 7.84 cm³/mol. The summed E-state index contributed by atoms with van der Waals surface area (Å²) in [4.78, 5) is 0. The van der Waals surface area contributed by atoms with Crippen LogP contribution < -0.4 is 0 Å². The molecular formula is HCoCuLiO. The van der Waals surface area contributed by atoms with E-state index in [-0.39, 0.29) is 58.2 Å². The van der Waals surface area contributed by atoms with Gasteiger partial charge in [0.25, 0.3) is 0 Å². The van der Waals surface area contributed by atoms with Gasteiger partial charge in [-0.25, -0.2) is 0 Å². The second kappa shape index (κ2) is 23.5. The summed E-state index contributed by atoms with van der Waals surface area (Å²) in [7, 11) is 0. The fraction of sp³-hybridized carbons (Fsp3) is 0. The zero-order valence-electron chi connectivity index (χ0n) is 1.04. The molecule has 0 aliphatic heterocycles. The molecular weight excluding hydrogens is 145 g/mol. The molecule has 0 aromatic carbocycles. The van der Waals surface area contributed by atoms with Gasteiger partial charge in [-0.2, -0.15) is 0 Å². The number of hydrogen-bond donors (Lipinski definition) is 0. The molecule has 4 heteroatoms. The summed E-state index contributed by atoms with van der Waals surface area (Å²) in [5.41, 5.74) is 0. The van der Waals surface area contributed by atoms with Crippen LogP contribution in [0.25, 0.3) is 0 Å². The molecule has 0 aliphatic rings. The molecule has 4 heavy (non-hydrogen) atoms. The van der Waals surface area contributed by atoms with E-state index in [2.05, 4.69) is 0 Å². The molecule has 0 rings (SSSR count). The van der Waals surface area contributed by atoms with Gasteiger partial charge >= 0.3 is 35.6 Å². The minimum Gasteiger partial charge on any atom is -2.00 e. The molecule has 0 aromatic rings. The monoisotopic (exact) mass is 146 g/mol. The van der Waals surface area contributed by atoms with Crippen molar-refractivity contribution >= 4 is 18.9 Å². The summed E-state index contributed by atoms with van der Waals surface area (Å²) in [5.74, 6) is 0. The van der Waals surface area contributed by atoms with Gasteiger partial charge in [0.15, 0.2) is 0 Å². The molecule has 0 unspecified atom stereocenters. The van der Waals surface area contributed by atoms with Crippen molar-refractivity contribution < 1.29 is 39.3 Å². The van der Waals surface area contributed by atoms with Crippen LogP contribution >= 0.6 is 0 Å². The smallest absolute Gasteiger partial charge is 2.00 e. The van der Waals surface area contributed by atoms with Crippen molar-refractivity contribution in [2.24, 2.45) is 0 Å². The Morgan fingerprint density at radius 2 is 1.00 bits per heavy atom. The van der Waals surface area contributed by atoms with E-state index < -0.39 is 0 Å². The van der Waals surface area contributed by atoms with Gasteiger partial charge in [0, 0.05) is 17.1 Å². The minimum absolute atomic E-state index is 0. The summed E-state index contributed by atoms with van der Waals surface area (Å²) in [6, 6.07) is 0. The third kappa shape index (κ3) is 9.54. The van der Waals surface area contributed by atoms with Gasteiger partial charge in [-0.3, -0.25) is 0 Å². The van der Waals surface area contributed by atoms with Crippen LogP contribution in [0, 0.1) is 0 Å². The Bertz CT molecular complexity index is 8.00. The normalized spacial score (nSPS) is 0. The van der Waals surface area contributed by atoms with Crippen LogP contribution in [-0.2, 0) is 39.3 Å². The maximum Gasteiger partial charge on any atom is -2.00 e. The molecule has 0 N–H and O–H groups in total. The van der Waals surface area contributed by atoms with Crippen LogP contribution in [0.15, 0.2) is 0 Å². The zero-order valence-corrected chi connectivity index (χ0v) is 3.03. The summed E-state index contributed by atoms with van der Waals surface area (Å²) < 4.78 is 0. The third-order valence-electron chi connectivity index (χ3n) is 0. The molecule has 0 bridgehead atoms. The molecule has 2 radical (unpaired) electrons. The summed E-state index contributed by atoms with van der Waals surface area (Å²) in [6.45, 7) is 0. The van der Waals surface area contributed by atoms with E-state index in [4.69, 9.17) is 0 Å². The molecule has 0 aromatic heterocycles. The molecule has 0 aliphatic carbocycles. The summed E-state index contributed by atoms with van der Waals surface area (Å²) in [5, 5.41) is 0. The van der Waals surface area contributed by atoms with E-state index in [0.29, 0.717) is 0 Å². The van der Waals surface area contributed by atoms with Crippen molar-refractivity contribution in [3.63, 3.8) is 0 Å². The summed E-state index contributed by atoms with van der Waals surface area (Å²) >= 11 is 0. The van der Waals surface area contributed by atoms with E-state index in [1.807, 2.05) is 0 Å². The van der Waals surface area contributed by atoms with Gasteiger partial charge in [-0.15, -0.1) is 0 Å². The van der Waals surface area contributed by atoms with Crippen LogP contribution in [0.5, 0.6) is 0 Å². The number of hydrogen-bond acceptors (Lipinski definition) is 0. The Kier molecular flexibility index (Phi) is 275. The number of rotatable bonds is 0. The van der Waals surface area contributed by atoms with Gasteiger partial charge in [0.1, 0.15) is 0 Å². The molecule has 0 saturated heterocycles. The standard InChI is InChI=1S/Co.Cu.Li.O.H/q+2;;;-2;. The SMILES string of the molecule is [Co+2].[Cu].[LiH].[O-2]. The Morgan fingerprint density at radius 3 is 1.00 bits per heavy atom. The van der Waals surface area contributed by atoms with Crippen LogP contribution in [0.3, 0.4) is 0 Å². The first-order valence-corrected chi connectivity index (χ1v) is 0. The van der Waals surface area contributed by atoms with Crippen LogP contribution in [0.1, 0.15) is 0 Å². The first-order valence-electron chi connectivity index (χ1n) is 0. The van der Waals surface area contributed by atoms with Crippen molar-refractivity contribution in [2.45, 2.75) is 0 Å². The van der Waals surface area contributed by atoms with Gasteiger partial charge in [0.2, 0.25) is 0 Å². The largest absolute Gasteiger partial charge is 2.00 e. The van der Waals surface area contributed by atoms with Crippen molar-refractivity contribution in [3.8, 4) is 0 Å². The van der Waals surface area contributed by atoms with Crippen molar-refractivity contribution in [1.82, 2.24) is 0 Å². The molecule has 1 nitrogen and oxygen atoms in total. The first-order chi connectivity index (χ1) is 0. The Morgan fingerprint density at radius 1 is 1.00 bits per heavy atom. The van der Waals surface area contributed by atoms with Crippen molar-refractivity contribution in [2.75, 3.05) is 0 Å². The van der Waals surface area contributed by atoms with E-state index in [0.717, 1.165) is 0 Å². The van der Waals surface area contributed by atoms with E-state index in [9.17, 15) is 0 Å². The molecule has 0 fully saturated rings. The maximum absolute atomic E-state index is 0. The zero-order chi connectivity index (χ0) is 0. The average Bonchev–Trinajstić information content (AvgIpc) is 0. The van der Waals surface area contributed by atoms with Gasteiger partial charge < -0.3 is 5.48 Å². The Balaban J connectivity index is 0. The quantitative estimate of drug-likeness (QED) is 0.402. The molecule has 0 amide bonds. The predicted octanol–water partition coefficient (Wildman–Crippen LogP) is -0.772. The Labute approximate surface area is 58.1 Å². The minimum atomic E-state index is 0. The maximum atomic E-state index is 0. The Hall–Kier alpha value is 1.58. The van der Waals surface area contributed by atoms with E-state index in [1.165, 1.54) is 0 Å². The second-order valence-corrected chi connectivity index (χ2v) is 0. The fourth-order valence-corrected chi connectivity index (χ4v) is 0.